The fourth-order valence-electron chi connectivity index (χ4n) is 1.43. The SMILES string of the molecule is O=C1CNc2c(Br)cc(Cl)cc2C1. The summed E-state index contributed by atoms with van der Waals surface area (Å²) in [6, 6.07) is 3.65. The highest BCUT2D eigenvalue weighted by Gasteiger charge is 2.17. The second-order valence-corrected chi connectivity index (χ2v) is 4.28. The summed E-state index contributed by atoms with van der Waals surface area (Å²) in [7, 11) is 0. The van der Waals surface area contributed by atoms with Gasteiger partial charge in [-0.05, 0) is 33.6 Å². The van der Waals surface area contributed by atoms with Crippen LogP contribution in [0.5, 0.6) is 0 Å². The lowest BCUT2D eigenvalue weighted by atomic mass is 10.0. The number of carbonyl (C=O) groups is 1. The summed E-state index contributed by atoms with van der Waals surface area (Å²) in [5.41, 5.74) is 1.96. The molecule has 0 unspecified atom stereocenters. The van der Waals surface area contributed by atoms with Gasteiger partial charge in [0, 0.05) is 15.9 Å². The predicted octanol–water partition coefficient (Wildman–Crippen LogP) is 2.64. The van der Waals surface area contributed by atoms with E-state index >= 15 is 0 Å². The Morgan fingerprint density at radius 1 is 1.46 bits per heavy atom. The van der Waals surface area contributed by atoms with Crippen LogP contribution in [-0.4, -0.2) is 12.3 Å². The number of ketones is 1. The van der Waals surface area contributed by atoms with Crippen molar-refractivity contribution in [1.29, 1.82) is 0 Å². The van der Waals surface area contributed by atoms with Crippen LogP contribution in [-0.2, 0) is 11.2 Å². The Hall–Kier alpha value is -0.540. The highest BCUT2D eigenvalue weighted by atomic mass is 79.9. The van der Waals surface area contributed by atoms with Crippen LogP contribution < -0.4 is 5.32 Å². The minimum Gasteiger partial charge on any atom is -0.377 e. The van der Waals surface area contributed by atoms with E-state index in [2.05, 4.69) is 21.2 Å². The molecule has 1 heterocycles. The Morgan fingerprint density at radius 2 is 2.23 bits per heavy atom. The van der Waals surface area contributed by atoms with Crippen LogP contribution in [0.2, 0.25) is 5.02 Å². The zero-order chi connectivity index (χ0) is 9.42. The van der Waals surface area contributed by atoms with Crippen LogP contribution in [0.15, 0.2) is 16.6 Å². The molecule has 0 fully saturated rings. The summed E-state index contributed by atoms with van der Waals surface area (Å²) in [4.78, 5) is 11.1. The lowest BCUT2D eigenvalue weighted by Gasteiger charge is -2.18. The molecular weight excluding hydrogens is 253 g/mol. The molecule has 1 aliphatic heterocycles. The summed E-state index contributed by atoms with van der Waals surface area (Å²) >= 11 is 9.26. The Bertz CT molecular complexity index is 378. The number of halogens is 2. The molecule has 1 aromatic rings. The smallest absolute Gasteiger partial charge is 0.156 e. The van der Waals surface area contributed by atoms with Crippen molar-refractivity contribution in [1.82, 2.24) is 0 Å². The number of rotatable bonds is 0. The van der Waals surface area contributed by atoms with E-state index in [0.717, 1.165) is 15.7 Å². The third kappa shape index (κ3) is 1.71. The Labute approximate surface area is 89.4 Å². The molecule has 13 heavy (non-hydrogen) atoms. The first kappa shape index (κ1) is 9.03. The number of hydrogen-bond donors (Lipinski definition) is 1. The van der Waals surface area contributed by atoms with Crippen molar-refractivity contribution in [3.05, 3.63) is 27.2 Å². The number of benzene rings is 1. The monoisotopic (exact) mass is 259 g/mol. The molecule has 0 radical (unpaired) electrons. The highest BCUT2D eigenvalue weighted by molar-refractivity contribution is 9.10. The van der Waals surface area contributed by atoms with E-state index in [4.69, 9.17) is 11.6 Å². The summed E-state index contributed by atoms with van der Waals surface area (Å²) in [6.07, 6.45) is 0.474. The molecule has 0 saturated carbocycles. The van der Waals surface area contributed by atoms with E-state index in [1.54, 1.807) is 0 Å². The number of nitrogens with one attached hydrogen (secondary N) is 1. The first-order valence-corrected chi connectivity index (χ1v) is 5.07. The maximum atomic E-state index is 11.1. The fraction of sp³-hybridized carbons (Fsp3) is 0.222. The van der Waals surface area contributed by atoms with E-state index in [0.29, 0.717) is 18.0 Å². The van der Waals surface area contributed by atoms with Gasteiger partial charge in [0.1, 0.15) is 0 Å². The first-order valence-electron chi connectivity index (χ1n) is 3.90. The van der Waals surface area contributed by atoms with E-state index in [9.17, 15) is 4.79 Å². The minimum atomic E-state index is 0.196. The molecule has 4 heteroatoms. The standard InChI is InChI=1S/C9H7BrClNO/c10-8-3-6(11)1-5-2-7(13)4-12-9(5)8/h1,3,12H,2,4H2. The van der Waals surface area contributed by atoms with Gasteiger partial charge in [0.05, 0.1) is 12.2 Å². The highest BCUT2D eigenvalue weighted by Crippen LogP contribution is 2.32. The van der Waals surface area contributed by atoms with E-state index in [1.807, 2.05) is 12.1 Å². The van der Waals surface area contributed by atoms with Gasteiger partial charge in [-0.25, -0.2) is 0 Å². The van der Waals surface area contributed by atoms with Gasteiger partial charge in [-0.15, -0.1) is 0 Å². The van der Waals surface area contributed by atoms with Crippen molar-refractivity contribution in [2.75, 3.05) is 11.9 Å². The topological polar surface area (TPSA) is 29.1 Å². The fourth-order valence-corrected chi connectivity index (χ4v) is 2.44. The molecule has 0 saturated heterocycles. The number of carbonyl (C=O) groups excluding carboxylic acids is 1. The summed E-state index contributed by atoms with van der Waals surface area (Å²) in [5.74, 6) is 0.196. The molecular formula is C9H7BrClNO. The number of anilines is 1. The van der Waals surface area contributed by atoms with Crippen molar-refractivity contribution in [3.63, 3.8) is 0 Å². The second-order valence-electron chi connectivity index (χ2n) is 2.99. The van der Waals surface area contributed by atoms with Crippen molar-refractivity contribution >= 4 is 39.0 Å². The van der Waals surface area contributed by atoms with E-state index in [1.165, 1.54) is 0 Å². The predicted molar refractivity (Wildman–Crippen MR) is 56.4 cm³/mol. The van der Waals surface area contributed by atoms with E-state index in [-0.39, 0.29) is 5.78 Å². The lowest BCUT2D eigenvalue weighted by Crippen LogP contribution is -2.22. The zero-order valence-corrected chi connectivity index (χ0v) is 9.08. The average Bonchev–Trinajstić information content (AvgIpc) is 2.02. The Balaban J connectivity index is 2.53. The van der Waals surface area contributed by atoms with Crippen molar-refractivity contribution in [3.8, 4) is 0 Å². The maximum Gasteiger partial charge on any atom is 0.156 e. The van der Waals surface area contributed by atoms with Gasteiger partial charge >= 0.3 is 0 Å². The Morgan fingerprint density at radius 3 is 3.00 bits per heavy atom. The number of fused-ring (bicyclic) bond motifs is 1. The quantitative estimate of drug-likeness (QED) is 0.777. The molecule has 2 rings (SSSR count). The van der Waals surface area contributed by atoms with Gasteiger partial charge in [-0.1, -0.05) is 11.6 Å². The molecule has 0 amide bonds. The van der Waals surface area contributed by atoms with Crippen LogP contribution in [0.25, 0.3) is 0 Å². The van der Waals surface area contributed by atoms with Crippen molar-refractivity contribution in [2.24, 2.45) is 0 Å². The van der Waals surface area contributed by atoms with Crippen LogP contribution in [0.4, 0.5) is 5.69 Å². The lowest BCUT2D eigenvalue weighted by molar-refractivity contribution is -0.117. The van der Waals surface area contributed by atoms with Crippen molar-refractivity contribution < 1.29 is 4.79 Å². The normalized spacial score (nSPS) is 15.1. The van der Waals surface area contributed by atoms with Gasteiger partial charge < -0.3 is 5.32 Å². The third-order valence-corrected chi connectivity index (χ3v) is 2.83. The largest absolute Gasteiger partial charge is 0.377 e. The maximum absolute atomic E-state index is 11.1. The number of Topliss-reactive ketones (excluding diaryl/α,β-unsaturated/α-hetero) is 1. The van der Waals surface area contributed by atoms with Gasteiger partial charge in [-0.2, -0.15) is 0 Å². The molecule has 0 aromatic heterocycles. The summed E-state index contributed by atoms with van der Waals surface area (Å²) in [6.45, 7) is 0.410. The van der Waals surface area contributed by atoms with Gasteiger partial charge in [0.15, 0.2) is 5.78 Å². The molecule has 1 aromatic carbocycles. The molecule has 0 aliphatic carbocycles. The van der Waals surface area contributed by atoms with Crippen LogP contribution in [0.1, 0.15) is 5.56 Å². The number of hydrogen-bond acceptors (Lipinski definition) is 2. The molecule has 0 spiro atoms. The van der Waals surface area contributed by atoms with Gasteiger partial charge in [-0.3, -0.25) is 4.79 Å². The minimum absolute atomic E-state index is 0.196. The van der Waals surface area contributed by atoms with Crippen molar-refractivity contribution in [2.45, 2.75) is 6.42 Å². The third-order valence-electron chi connectivity index (χ3n) is 1.99. The van der Waals surface area contributed by atoms with Gasteiger partial charge in [0.25, 0.3) is 0 Å². The average molecular weight is 261 g/mol. The molecule has 2 nitrogen and oxygen atoms in total. The molecule has 1 N–H and O–H groups in total. The second kappa shape index (κ2) is 3.31. The Kier molecular flexibility index (Phi) is 2.30. The molecule has 0 atom stereocenters. The zero-order valence-electron chi connectivity index (χ0n) is 6.73. The summed E-state index contributed by atoms with van der Waals surface area (Å²) in [5, 5.41) is 3.71. The molecule has 1 aliphatic rings. The van der Waals surface area contributed by atoms with Gasteiger partial charge in [0.2, 0.25) is 0 Å². The van der Waals surface area contributed by atoms with Crippen LogP contribution >= 0.6 is 27.5 Å². The van der Waals surface area contributed by atoms with E-state index < -0.39 is 0 Å². The first-order chi connectivity index (χ1) is 6.16. The van der Waals surface area contributed by atoms with Crippen LogP contribution in [0.3, 0.4) is 0 Å². The molecule has 0 bridgehead atoms. The summed E-state index contributed by atoms with van der Waals surface area (Å²) < 4.78 is 0.919. The van der Waals surface area contributed by atoms with Crippen LogP contribution in [0, 0.1) is 0 Å². The molecule has 68 valence electrons.